The zero-order valence-corrected chi connectivity index (χ0v) is 10.1. The fourth-order valence-electron chi connectivity index (χ4n) is 1.99. The lowest BCUT2D eigenvalue weighted by atomic mass is 10.1. The Morgan fingerprint density at radius 3 is 2.88 bits per heavy atom. The van der Waals surface area contributed by atoms with Gasteiger partial charge in [0.1, 0.15) is 0 Å². The Hall–Kier alpha value is -0.610. The molecule has 0 aromatic rings. The maximum atomic E-state index is 10.6. The minimum atomic E-state index is -0.859. The minimum Gasteiger partial charge on any atom is -0.479 e. The highest BCUT2D eigenvalue weighted by Crippen LogP contribution is 2.20. The molecule has 3 atom stereocenters. The highest BCUT2D eigenvalue weighted by Gasteiger charge is 2.30. The van der Waals surface area contributed by atoms with E-state index in [9.17, 15) is 4.79 Å². The van der Waals surface area contributed by atoms with Crippen LogP contribution in [-0.2, 0) is 14.3 Å². The lowest BCUT2D eigenvalue weighted by Crippen LogP contribution is -2.23. The van der Waals surface area contributed by atoms with Crippen LogP contribution in [0.2, 0.25) is 0 Å². The van der Waals surface area contributed by atoms with Crippen LogP contribution in [0.5, 0.6) is 0 Å². The van der Waals surface area contributed by atoms with Crippen molar-refractivity contribution in [3.63, 3.8) is 0 Å². The molecule has 4 heteroatoms. The number of ether oxygens (including phenoxy) is 2. The molecule has 1 N–H and O–H groups in total. The molecule has 16 heavy (non-hydrogen) atoms. The summed E-state index contributed by atoms with van der Waals surface area (Å²) < 4.78 is 10.9. The van der Waals surface area contributed by atoms with Crippen LogP contribution in [-0.4, -0.2) is 36.5 Å². The maximum Gasteiger partial charge on any atom is 0.332 e. The monoisotopic (exact) mass is 230 g/mol. The normalized spacial score (nSPS) is 26.9. The molecule has 4 nitrogen and oxygen atoms in total. The van der Waals surface area contributed by atoms with Crippen LogP contribution in [0.4, 0.5) is 0 Å². The van der Waals surface area contributed by atoms with Gasteiger partial charge >= 0.3 is 5.97 Å². The molecule has 0 aromatic heterocycles. The van der Waals surface area contributed by atoms with E-state index >= 15 is 0 Å². The van der Waals surface area contributed by atoms with Gasteiger partial charge in [-0.05, 0) is 25.2 Å². The van der Waals surface area contributed by atoms with E-state index in [1.165, 1.54) is 12.8 Å². The van der Waals surface area contributed by atoms with E-state index in [2.05, 4.69) is 13.8 Å². The predicted molar refractivity (Wildman–Crippen MR) is 60.4 cm³/mol. The van der Waals surface area contributed by atoms with E-state index in [-0.39, 0.29) is 6.10 Å². The maximum absolute atomic E-state index is 10.6. The molecule has 0 amide bonds. The van der Waals surface area contributed by atoms with Crippen molar-refractivity contribution in [3.05, 3.63) is 0 Å². The topological polar surface area (TPSA) is 55.8 Å². The van der Waals surface area contributed by atoms with Gasteiger partial charge in [-0.2, -0.15) is 0 Å². The number of carboxylic acids is 1. The molecule has 94 valence electrons. The van der Waals surface area contributed by atoms with Gasteiger partial charge in [-0.25, -0.2) is 4.79 Å². The summed E-state index contributed by atoms with van der Waals surface area (Å²) in [7, 11) is 0. The fourth-order valence-corrected chi connectivity index (χ4v) is 1.99. The van der Waals surface area contributed by atoms with Crippen molar-refractivity contribution < 1.29 is 19.4 Å². The number of hydrogen-bond donors (Lipinski definition) is 1. The fraction of sp³-hybridized carbons (Fsp3) is 0.917. The zero-order valence-electron chi connectivity index (χ0n) is 10.1. The van der Waals surface area contributed by atoms with E-state index in [0.717, 1.165) is 13.0 Å². The number of carbonyl (C=O) groups is 1. The van der Waals surface area contributed by atoms with E-state index in [1.54, 1.807) is 0 Å². The molecular formula is C12H22O4. The third-order valence-corrected chi connectivity index (χ3v) is 2.87. The van der Waals surface area contributed by atoms with Gasteiger partial charge < -0.3 is 14.6 Å². The molecule has 0 spiro atoms. The van der Waals surface area contributed by atoms with Crippen LogP contribution >= 0.6 is 0 Å². The molecule has 1 aliphatic rings. The van der Waals surface area contributed by atoms with Gasteiger partial charge in [-0.3, -0.25) is 0 Å². The summed E-state index contributed by atoms with van der Waals surface area (Å²) in [5.74, 6) is -0.288. The van der Waals surface area contributed by atoms with Crippen molar-refractivity contribution in [2.45, 2.75) is 51.7 Å². The Labute approximate surface area is 96.9 Å². The van der Waals surface area contributed by atoms with Crippen molar-refractivity contribution in [3.8, 4) is 0 Å². The van der Waals surface area contributed by atoms with E-state index in [1.807, 2.05) is 0 Å². The van der Waals surface area contributed by atoms with Gasteiger partial charge in [0, 0.05) is 6.61 Å². The summed E-state index contributed by atoms with van der Waals surface area (Å²) in [6.07, 6.45) is 3.08. The van der Waals surface area contributed by atoms with Gasteiger partial charge in [-0.1, -0.05) is 20.3 Å². The molecule has 1 fully saturated rings. The Morgan fingerprint density at radius 1 is 1.56 bits per heavy atom. The molecule has 3 unspecified atom stereocenters. The van der Waals surface area contributed by atoms with Gasteiger partial charge in [0.05, 0.1) is 12.7 Å². The largest absolute Gasteiger partial charge is 0.479 e. The number of hydrogen-bond acceptors (Lipinski definition) is 3. The summed E-state index contributed by atoms with van der Waals surface area (Å²) in [5, 5.41) is 8.75. The lowest BCUT2D eigenvalue weighted by molar-refractivity contribution is -0.150. The van der Waals surface area contributed by atoms with Crippen molar-refractivity contribution in [1.82, 2.24) is 0 Å². The molecule has 1 saturated heterocycles. The highest BCUT2D eigenvalue weighted by molar-refractivity contribution is 5.72. The molecule has 0 saturated carbocycles. The smallest absolute Gasteiger partial charge is 0.332 e. The third-order valence-electron chi connectivity index (χ3n) is 2.87. The Bertz CT molecular complexity index is 217. The first-order chi connectivity index (χ1) is 7.63. The molecule has 0 radical (unpaired) electrons. The Morgan fingerprint density at radius 2 is 2.31 bits per heavy atom. The summed E-state index contributed by atoms with van der Waals surface area (Å²) in [6, 6.07) is 0. The second kappa shape index (κ2) is 6.86. The molecule has 0 bridgehead atoms. The minimum absolute atomic E-state index is 0.0325. The second-order valence-corrected chi connectivity index (χ2v) is 4.59. The van der Waals surface area contributed by atoms with Gasteiger partial charge in [0.2, 0.25) is 0 Å². The van der Waals surface area contributed by atoms with Crippen molar-refractivity contribution in [1.29, 1.82) is 0 Å². The Kier molecular flexibility index (Phi) is 5.77. The van der Waals surface area contributed by atoms with E-state index < -0.39 is 12.1 Å². The lowest BCUT2D eigenvalue weighted by Gasteiger charge is -2.14. The number of carboxylic acid groups (broad SMARTS) is 1. The van der Waals surface area contributed by atoms with Crippen LogP contribution in [0.15, 0.2) is 0 Å². The van der Waals surface area contributed by atoms with Crippen LogP contribution < -0.4 is 0 Å². The number of aliphatic carboxylic acids is 1. The second-order valence-electron chi connectivity index (χ2n) is 4.59. The first kappa shape index (κ1) is 13.5. The van der Waals surface area contributed by atoms with Crippen LogP contribution in [0.25, 0.3) is 0 Å². The highest BCUT2D eigenvalue weighted by atomic mass is 16.6. The molecule has 1 heterocycles. The average Bonchev–Trinajstić information content (AvgIpc) is 2.67. The third kappa shape index (κ3) is 4.49. The van der Waals surface area contributed by atoms with Crippen LogP contribution in [0.3, 0.4) is 0 Å². The number of rotatable bonds is 7. The van der Waals surface area contributed by atoms with Crippen LogP contribution in [0.1, 0.15) is 39.5 Å². The molecule has 0 aromatic carbocycles. The summed E-state index contributed by atoms with van der Waals surface area (Å²) >= 11 is 0. The van der Waals surface area contributed by atoms with Crippen molar-refractivity contribution >= 4 is 5.97 Å². The SMILES string of the molecule is CCCC(C)COCC1CCC(C(=O)O)O1. The van der Waals surface area contributed by atoms with E-state index in [0.29, 0.717) is 18.9 Å². The van der Waals surface area contributed by atoms with E-state index in [4.69, 9.17) is 14.6 Å². The standard InChI is InChI=1S/C12H22O4/c1-3-4-9(2)7-15-8-10-5-6-11(16-10)12(13)14/h9-11H,3-8H2,1-2H3,(H,13,14). The predicted octanol–water partition coefficient (Wildman–Crippen LogP) is 2.07. The molecule has 1 rings (SSSR count). The molecule has 1 aliphatic heterocycles. The quantitative estimate of drug-likeness (QED) is 0.727. The summed E-state index contributed by atoms with van der Waals surface area (Å²) in [6.45, 7) is 5.59. The summed E-state index contributed by atoms with van der Waals surface area (Å²) in [4.78, 5) is 10.6. The van der Waals surface area contributed by atoms with Gasteiger partial charge in [0.25, 0.3) is 0 Å². The first-order valence-corrected chi connectivity index (χ1v) is 6.09. The average molecular weight is 230 g/mol. The van der Waals surface area contributed by atoms with Crippen LogP contribution in [0, 0.1) is 5.92 Å². The Balaban J connectivity index is 2.09. The van der Waals surface area contributed by atoms with Crippen molar-refractivity contribution in [2.24, 2.45) is 5.92 Å². The van der Waals surface area contributed by atoms with Gasteiger partial charge in [-0.15, -0.1) is 0 Å². The summed E-state index contributed by atoms with van der Waals surface area (Å²) in [5.41, 5.74) is 0. The zero-order chi connectivity index (χ0) is 12.0. The first-order valence-electron chi connectivity index (χ1n) is 6.09. The molecule has 0 aliphatic carbocycles. The molecular weight excluding hydrogens is 208 g/mol. The van der Waals surface area contributed by atoms with Crippen molar-refractivity contribution in [2.75, 3.05) is 13.2 Å². The van der Waals surface area contributed by atoms with Gasteiger partial charge in [0.15, 0.2) is 6.10 Å².